The third-order valence-corrected chi connectivity index (χ3v) is 5.48. The van der Waals surface area contributed by atoms with Gasteiger partial charge in [-0.05, 0) is 48.9 Å². The minimum atomic E-state index is -0.334. The number of benzene rings is 2. The van der Waals surface area contributed by atoms with Crippen LogP contribution in [0, 0.1) is 12.7 Å². The van der Waals surface area contributed by atoms with Gasteiger partial charge in [-0.15, -0.1) is 5.10 Å². The van der Waals surface area contributed by atoms with Gasteiger partial charge >= 0.3 is 0 Å². The first kappa shape index (κ1) is 19.8. The third-order valence-electron chi connectivity index (χ3n) is 5.48. The van der Waals surface area contributed by atoms with Gasteiger partial charge in [-0.2, -0.15) is 14.9 Å². The van der Waals surface area contributed by atoms with E-state index in [4.69, 9.17) is 4.74 Å². The highest BCUT2D eigenvalue weighted by molar-refractivity contribution is 5.95. The van der Waals surface area contributed by atoms with Gasteiger partial charge in [0.2, 0.25) is 5.91 Å². The van der Waals surface area contributed by atoms with E-state index < -0.39 is 0 Å². The number of hydrogen-bond acceptors (Lipinski definition) is 6. The summed E-state index contributed by atoms with van der Waals surface area (Å²) in [7, 11) is 1.61. The number of aryl methyl sites for hydroxylation is 1. The molecule has 2 aromatic carbocycles. The molecular formula is C23H19FN6O2. The predicted octanol–water partition coefficient (Wildman–Crippen LogP) is 3.65. The molecule has 0 bridgehead atoms. The summed E-state index contributed by atoms with van der Waals surface area (Å²) in [5, 5.41) is 15.7. The second-order valence-electron chi connectivity index (χ2n) is 7.49. The average Bonchev–Trinajstić information content (AvgIpc) is 3.15. The number of carbonyl (C=O) groups excluding carboxylic acids is 1. The third kappa shape index (κ3) is 3.47. The second kappa shape index (κ2) is 7.84. The Bertz CT molecular complexity index is 1320. The van der Waals surface area contributed by atoms with Crippen LogP contribution in [0.1, 0.15) is 29.2 Å². The fourth-order valence-electron chi connectivity index (χ4n) is 3.98. The van der Waals surface area contributed by atoms with Crippen molar-refractivity contribution < 1.29 is 13.9 Å². The van der Waals surface area contributed by atoms with E-state index in [9.17, 15) is 9.18 Å². The van der Waals surface area contributed by atoms with Crippen molar-refractivity contribution in [3.8, 4) is 23.0 Å². The molecule has 0 saturated carbocycles. The molecular weight excluding hydrogens is 411 g/mol. The zero-order valence-corrected chi connectivity index (χ0v) is 17.4. The van der Waals surface area contributed by atoms with Crippen LogP contribution in [0.15, 0.2) is 54.7 Å². The second-order valence-corrected chi connectivity index (χ2v) is 7.49. The SMILES string of the molecule is COc1cccc(C2CC(=O)Nc3c2c(C)nn3-c2nncc(-c3ccc(F)cc3)n2)c1. The average molecular weight is 430 g/mol. The fourth-order valence-corrected chi connectivity index (χ4v) is 3.98. The molecule has 0 radical (unpaired) electrons. The van der Waals surface area contributed by atoms with E-state index in [0.717, 1.165) is 22.6 Å². The number of ether oxygens (including phenoxy) is 1. The van der Waals surface area contributed by atoms with Gasteiger partial charge in [0.25, 0.3) is 5.95 Å². The van der Waals surface area contributed by atoms with Crippen molar-refractivity contribution in [1.29, 1.82) is 0 Å². The summed E-state index contributed by atoms with van der Waals surface area (Å²) in [6.45, 7) is 1.89. The molecule has 1 unspecified atom stereocenters. The van der Waals surface area contributed by atoms with Crippen LogP contribution in [0.3, 0.4) is 0 Å². The van der Waals surface area contributed by atoms with Crippen LogP contribution in [0.4, 0.5) is 10.2 Å². The van der Waals surface area contributed by atoms with E-state index in [-0.39, 0.29) is 23.6 Å². The van der Waals surface area contributed by atoms with Gasteiger partial charge in [0.1, 0.15) is 17.4 Å². The number of aromatic nitrogens is 5. The maximum absolute atomic E-state index is 13.3. The Morgan fingerprint density at radius 3 is 2.78 bits per heavy atom. The van der Waals surface area contributed by atoms with Gasteiger partial charge in [0, 0.05) is 23.5 Å². The first-order valence-corrected chi connectivity index (χ1v) is 10.0. The Hall–Kier alpha value is -4.14. The molecule has 4 aromatic rings. The van der Waals surface area contributed by atoms with Gasteiger partial charge in [-0.1, -0.05) is 12.1 Å². The highest BCUT2D eigenvalue weighted by Gasteiger charge is 2.33. The number of amides is 1. The lowest BCUT2D eigenvalue weighted by Crippen LogP contribution is -2.25. The van der Waals surface area contributed by atoms with Crippen LogP contribution in [-0.4, -0.2) is 38.0 Å². The van der Waals surface area contributed by atoms with E-state index in [1.54, 1.807) is 19.2 Å². The molecule has 1 amide bonds. The molecule has 32 heavy (non-hydrogen) atoms. The quantitative estimate of drug-likeness (QED) is 0.531. The molecule has 1 aliphatic heterocycles. The molecule has 160 valence electrons. The van der Waals surface area contributed by atoms with E-state index in [1.807, 2.05) is 31.2 Å². The van der Waals surface area contributed by atoms with Crippen molar-refractivity contribution in [2.75, 3.05) is 12.4 Å². The Labute approximate surface area is 183 Å². The molecule has 1 N–H and O–H groups in total. The predicted molar refractivity (Wildman–Crippen MR) is 115 cm³/mol. The lowest BCUT2D eigenvalue weighted by molar-refractivity contribution is -0.116. The fraction of sp³-hybridized carbons (Fsp3) is 0.174. The molecule has 8 nitrogen and oxygen atoms in total. The Morgan fingerprint density at radius 2 is 2.00 bits per heavy atom. The Balaban J connectivity index is 1.60. The van der Waals surface area contributed by atoms with Crippen molar-refractivity contribution >= 4 is 11.7 Å². The number of nitrogens with one attached hydrogen (secondary N) is 1. The highest BCUT2D eigenvalue weighted by atomic mass is 19.1. The first-order chi connectivity index (χ1) is 15.5. The van der Waals surface area contributed by atoms with E-state index >= 15 is 0 Å². The number of rotatable bonds is 4. The monoisotopic (exact) mass is 430 g/mol. The van der Waals surface area contributed by atoms with Gasteiger partial charge in [0.15, 0.2) is 0 Å². The molecule has 1 aliphatic rings. The molecule has 1 atom stereocenters. The maximum Gasteiger partial charge on any atom is 0.272 e. The standard InChI is InChI=1S/C23H19FN6O2/c1-13-21-18(15-4-3-5-17(10-15)32-2)11-20(31)27-22(21)30(29-13)23-26-19(12-25-28-23)14-6-8-16(24)9-7-14/h3-10,12,18H,11H2,1-2H3,(H,27,31). The normalized spacial score (nSPS) is 15.2. The number of methoxy groups -OCH3 is 1. The van der Waals surface area contributed by atoms with Crippen LogP contribution in [0.2, 0.25) is 0 Å². The first-order valence-electron chi connectivity index (χ1n) is 10.0. The van der Waals surface area contributed by atoms with Crippen LogP contribution in [0.5, 0.6) is 5.75 Å². The number of carbonyl (C=O) groups is 1. The maximum atomic E-state index is 13.3. The van der Waals surface area contributed by atoms with Crippen LogP contribution >= 0.6 is 0 Å². The summed E-state index contributed by atoms with van der Waals surface area (Å²) in [6, 6.07) is 13.6. The molecule has 0 aliphatic carbocycles. The van der Waals surface area contributed by atoms with Gasteiger partial charge in [-0.3, -0.25) is 4.79 Å². The molecule has 5 rings (SSSR count). The molecule has 0 saturated heterocycles. The zero-order valence-electron chi connectivity index (χ0n) is 17.4. The lowest BCUT2D eigenvalue weighted by atomic mass is 9.86. The highest BCUT2D eigenvalue weighted by Crippen LogP contribution is 2.40. The largest absolute Gasteiger partial charge is 0.497 e. The van der Waals surface area contributed by atoms with Crippen LogP contribution in [-0.2, 0) is 4.79 Å². The van der Waals surface area contributed by atoms with E-state index in [2.05, 4.69) is 25.6 Å². The summed E-state index contributed by atoms with van der Waals surface area (Å²) in [4.78, 5) is 17.1. The summed E-state index contributed by atoms with van der Waals surface area (Å²) < 4.78 is 20.1. The smallest absolute Gasteiger partial charge is 0.272 e. The van der Waals surface area contributed by atoms with Crippen molar-refractivity contribution in [2.45, 2.75) is 19.3 Å². The zero-order chi connectivity index (χ0) is 22.2. The summed E-state index contributed by atoms with van der Waals surface area (Å²) >= 11 is 0. The van der Waals surface area contributed by atoms with Crippen LogP contribution in [0.25, 0.3) is 17.2 Å². The molecule has 0 fully saturated rings. The lowest BCUT2D eigenvalue weighted by Gasteiger charge is -2.24. The number of anilines is 1. The topological polar surface area (TPSA) is 94.8 Å². The van der Waals surface area contributed by atoms with Gasteiger partial charge in [-0.25, -0.2) is 9.37 Å². The number of nitrogens with zero attached hydrogens (tertiary/aromatic N) is 5. The van der Waals surface area contributed by atoms with Gasteiger partial charge in [0.05, 0.1) is 24.7 Å². The van der Waals surface area contributed by atoms with Crippen LogP contribution < -0.4 is 10.1 Å². The summed E-state index contributed by atoms with van der Waals surface area (Å²) in [6.07, 6.45) is 1.79. The van der Waals surface area contributed by atoms with E-state index in [0.29, 0.717) is 23.5 Å². The minimum absolute atomic E-state index is 0.130. The minimum Gasteiger partial charge on any atom is -0.497 e. The van der Waals surface area contributed by atoms with Crippen molar-refractivity contribution in [2.24, 2.45) is 0 Å². The summed E-state index contributed by atoms with van der Waals surface area (Å²) in [5.74, 6) is 0.802. The Morgan fingerprint density at radius 1 is 1.19 bits per heavy atom. The molecule has 3 heterocycles. The Kier molecular flexibility index (Phi) is 4.85. The van der Waals surface area contributed by atoms with Gasteiger partial charge < -0.3 is 10.1 Å². The summed E-state index contributed by atoms with van der Waals surface area (Å²) in [5.41, 5.74) is 3.82. The molecule has 9 heteroatoms. The van der Waals surface area contributed by atoms with Crippen molar-refractivity contribution in [1.82, 2.24) is 25.0 Å². The number of fused-ring (bicyclic) bond motifs is 1. The van der Waals surface area contributed by atoms with Crippen molar-refractivity contribution in [3.63, 3.8) is 0 Å². The molecule has 0 spiro atoms. The number of halogens is 1. The number of hydrogen-bond donors (Lipinski definition) is 1. The van der Waals surface area contributed by atoms with Crippen molar-refractivity contribution in [3.05, 3.63) is 77.4 Å². The molecule has 2 aromatic heterocycles. The van der Waals surface area contributed by atoms with E-state index in [1.165, 1.54) is 23.0 Å².